The first kappa shape index (κ1) is 23.6. The standard InChI is InChI=1S/C22H35NO6/c1-4-5-6-7-8-13-27-19-11-9-18(10-12-19)23-20(24)22(2,16-26-17-25-3)21-28-14-15-29-21/h9-12,21H,4-8,13-17H2,1-3H3,(H,23,24). The fourth-order valence-electron chi connectivity index (χ4n) is 3.11. The van der Waals surface area contributed by atoms with Gasteiger partial charge in [-0.05, 0) is 37.6 Å². The summed E-state index contributed by atoms with van der Waals surface area (Å²) in [7, 11) is 1.54. The number of nitrogens with one attached hydrogen (secondary N) is 1. The molecule has 29 heavy (non-hydrogen) atoms. The first-order valence-corrected chi connectivity index (χ1v) is 10.4. The Labute approximate surface area is 174 Å². The summed E-state index contributed by atoms with van der Waals surface area (Å²) < 4.78 is 27.3. The molecule has 0 saturated carbocycles. The molecule has 1 amide bonds. The number of unbranched alkanes of at least 4 members (excludes halogenated alkanes) is 4. The van der Waals surface area contributed by atoms with Crippen LogP contribution in [0.2, 0.25) is 0 Å². The Kier molecular flexibility index (Phi) is 10.4. The molecule has 1 aromatic carbocycles. The summed E-state index contributed by atoms with van der Waals surface area (Å²) in [6.45, 7) is 5.83. The number of methoxy groups -OCH3 is 1. The van der Waals surface area contributed by atoms with E-state index in [2.05, 4.69) is 12.2 Å². The van der Waals surface area contributed by atoms with Gasteiger partial charge in [0.05, 0.1) is 26.4 Å². The highest BCUT2D eigenvalue weighted by molar-refractivity contribution is 5.95. The minimum atomic E-state index is -0.997. The van der Waals surface area contributed by atoms with Crippen molar-refractivity contribution in [3.05, 3.63) is 24.3 Å². The first-order chi connectivity index (χ1) is 14.1. The molecule has 1 aliphatic rings. The molecule has 164 valence electrons. The van der Waals surface area contributed by atoms with Gasteiger partial charge in [0.25, 0.3) is 0 Å². The topological polar surface area (TPSA) is 75.3 Å². The maximum atomic E-state index is 13.0. The zero-order chi connectivity index (χ0) is 21.0. The molecule has 1 aliphatic heterocycles. The monoisotopic (exact) mass is 409 g/mol. The van der Waals surface area contributed by atoms with Gasteiger partial charge in [0, 0.05) is 12.8 Å². The Hall–Kier alpha value is -1.67. The zero-order valence-electron chi connectivity index (χ0n) is 17.9. The van der Waals surface area contributed by atoms with E-state index < -0.39 is 11.7 Å². The lowest BCUT2D eigenvalue weighted by atomic mass is 9.89. The second kappa shape index (κ2) is 12.8. The van der Waals surface area contributed by atoms with Crippen molar-refractivity contribution < 1.29 is 28.5 Å². The third kappa shape index (κ3) is 7.59. The summed E-state index contributed by atoms with van der Waals surface area (Å²) in [5.41, 5.74) is -0.316. The normalized spacial score (nSPS) is 16.5. The van der Waals surface area contributed by atoms with Gasteiger partial charge in [0.15, 0.2) is 6.29 Å². The minimum Gasteiger partial charge on any atom is -0.494 e. The van der Waals surface area contributed by atoms with Gasteiger partial charge in [-0.15, -0.1) is 0 Å². The zero-order valence-corrected chi connectivity index (χ0v) is 17.9. The predicted octanol–water partition coefficient (Wildman–Crippen LogP) is 3.97. The maximum Gasteiger partial charge on any atom is 0.237 e. The van der Waals surface area contributed by atoms with E-state index in [0.29, 0.717) is 25.5 Å². The number of ether oxygens (including phenoxy) is 5. The van der Waals surface area contributed by atoms with Crippen molar-refractivity contribution in [3.8, 4) is 5.75 Å². The number of carbonyl (C=O) groups excluding carboxylic acids is 1. The van der Waals surface area contributed by atoms with Crippen LogP contribution in [0, 0.1) is 5.41 Å². The maximum absolute atomic E-state index is 13.0. The van der Waals surface area contributed by atoms with E-state index in [-0.39, 0.29) is 19.3 Å². The van der Waals surface area contributed by atoms with E-state index in [1.165, 1.54) is 32.8 Å². The van der Waals surface area contributed by atoms with Crippen molar-refractivity contribution >= 4 is 11.6 Å². The summed E-state index contributed by atoms with van der Waals surface area (Å²) in [5.74, 6) is 0.567. The van der Waals surface area contributed by atoms with Crippen LogP contribution in [0.15, 0.2) is 24.3 Å². The van der Waals surface area contributed by atoms with Crippen molar-refractivity contribution in [1.29, 1.82) is 0 Å². The Balaban J connectivity index is 1.86. The molecular formula is C22H35NO6. The van der Waals surface area contributed by atoms with Crippen LogP contribution in [-0.4, -0.2) is 52.5 Å². The molecule has 1 fully saturated rings. The van der Waals surface area contributed by atoms with Crippen LogP contribution in [0.5, 0.6) is 5.75 Å². The number of carbonyl (C=O) groups is 1. The number of hydrogen-bond acceptors (Lipinski definition) is 6. The van der Waals surface area contributed by atoms with E-state index in [9.17, 15) is 4.79 Å². The first-order valence-electron chi connectivity index (χ1n) is 10.4. The van der Waals surface area contributed by atoms with E-state index in [1.54, 1.807) is 6.92 Å². The Morgan fingerprint density at radius 2 is 1.83 bits per heavy atom. The fraction of sp³-hybridized carbons (Fsp3) is 0.682. The lowest BCUT2D eigenvalue weighted by Gasteiger charge is -2.32. The number of hydrogen-bond donors (Lipinski definition) is 1. The van der Waals surface area contributed by atoms with Crippen molar-refractivity contribution in [1.82, 2.24) is 0 Å². The van der Waals surface area contributed by atoms with Crippen LogP contribution >= 0.6 is 0 Å². The fourth-order valence-corrected chi connectivity index (χ4v) is 3.11. The van der Waals surface area contributed by atoms with Crippen molar-refractivity contribution in [2.45, 2.75) is 52.2 Å². The quantitative estimate of drug-likeness (QED) is 0.370. The smallest absolute Gasteiger partial charge is 0.237 e. The molecule has 0 bridgehead atoms. The van der Waals surface area contributed by atoms with Crippen LogP contribution in [-0.2, 0) is 23.7 Å². The molecule has 7 heteroatoms. The number of rotatable bonds is 14. The van der Waals surface area contributed by atoms with Crippen molar-refractivity contribution in [3.63, 3.8) is 0 Å². The highest BCUT2D eigenvalue weighted by Gasteiger charge is 2.45. The average molecular weight is 410 g/mol. The summed E-state index contributed by atoms with van der Waals surface area (Å²) in [5, 5.41) is 2.93. The Morgan fingerprint density at radius 3 is 2.48 bits per heavy atom. The van der Waals surface area contributed by atoms with Crippen LogP contribution in [0.1, 0.15) is 46.0 Å². The SMILES string of the molecule is CCCCCCCOc1ccc(NC(=O)C(C)(COCOC)C2OCCO2)cc1. The van der Waals surface area contributed by atoms with Crippen molar-refractivity contribution in [2.75, 3.05) is 45.6 Å². The molecule has 1 saturated heterocycles. The molecule has 0 aromatic heterocycles. The van der Waals surface area contributed by atoms with Gasteiger partial charge in [0.2, 0.25) is 5.91 Å². The van der Waals surface area contributed by atoms with Gasteiger partial charge in [0.1, 0.15) is 18.0 Å². The Bertz CT molecular complexity index is 587. The molecule has 1 atom stereocenters. The van der Waals surface area contributed by atoms with Gasteiger partial charge >= 0.3 is 0 Å². The Morgan fingerprint density at radius 1 is 1.14 bits per heavy atom. The molecular weight excluding hydrogens is 374 g/mol. The highest BCUT2D eigenvalue weighted by Crippen LogP contribution is 2.30. The molecule has 1 unspecified atom stereocenters. The average Bonchev–Trinajstić information content (AvgIpc) is 3.27. The largest absolute Gasteiger partial charge is 0.494 e. The summed E-state index contributed by atoms with van der Waals surface area (Å²) in [6, 6.07) is 7.39. The van der Waals surface area contributed by atoms with Gasteiger partial charge in [-0.25, -0.2) is 0 Å². The van der Waals surface area contributed by atoms with E-state index in [4.69, 9.17) is 23.7 Å². The van der Waals surface area contributed by atoms with Crippen LogP contribution in [0.25, 0.3) is 0 Å². The summed E-state index contributed by atoms with van der Waals surface area (Å²) >= 11 is 0. The number of benzene rings is 1. The minimum absolute atomic E-state index is 0.0973. The molecule has 0 aliphatic carbocycles. The molecule has 7 nitrogen and oxygen atoms in total. The number of anilines is 1. The van der Waals surface area contributed by atoms with E-state index >= 15 is 0 Å². The van der Waals surface area contributed by atoms with Crippen LogP contribution in [0.4, 0.5) is 5.69 Å². The molecule has 1 aromatic rings. The molecule has 1 heterocycles. The van der Waals surface area contributed by atoms with Gasteiger partial charge < -0.3 is 29.0 Å². The molecule has 0 radical (unpaired) electrons. The second-order valence-corrected chi connectivity index (χ2v) is 7.49. The number of amides is 1. The lowest BCUT2D eigenvalue weighted by molar-refractivity contribution is -0.175. The van der Waals surface area contributed by atoms with Gasteiger partial charge in [-0.1, -0.05) is 32.6 Å². The third-order valence-corrected chi connectivity index (χ3v) is 4.89. The summed E-state index contributed by atoms with van der Waals surface area (Å²) in [4.78, 5) is 13.0. The summed E-state index contributed by atoms with van der Waals surface area (Å²) in [6.07, 6.45) is 5.36. The van der Waals surface area contributed by atoms with Gasteiger partial charge in [-0.3, -0.25) is 4.79 Å². The molecule has 1 N–H and O–H groups in total. The third-order valence-electron chi connectivity index (χ3n) is 4.89. The van der Waals surface area contributed by atoms with E-state index in [0.717, 1.165) is 12.2 Å². The molecule has 0 spiro atoms. The highest BCUT2D eigenvalue weighted by atomic mass is 16.7. The van der Waals surface area contributed by atoms with Crippen LogP contribution in [0.3, 0.4) is 0 Å². The van der Waals surface area contributed by atoms with Crippen LogP contribution < -0.4 is 10.1 Å². The predicted molar refractivity (Wildman–Crippen MR) is 111 cm³/mol. The van der Waals surface area contributed by atoms with Crippen molar-refractivity contribution in [2.24, 2.45) is 5.41 Å². The van der Waals surface area contributed by atoms with E-state index in [1.807, 2.05) is 24.3 Å². The lowest BCUT2D eigenvalue weighted by Crippen LogP contribution is -2.47. The van der Waals surface area contributed by atoms with Gasteiger partial charge in [-0.2, -0.15) is 0 Å². The second-order valence-electron chi connectivity index (χ2n) is 7.49. The molecule has 2 rings (SSSR count).